The number of carbonyl (C=O) groups excluding carboxylic acids is 2. The van der Waals surface area contributed by atoms with E-state index in [9.17, 15) is 9.59 Å². The molecule has 3 rings (SSSR count). The first kappa shape index (κ1) is 21.1. The number of carbonyl (C=O) groups is 2. The Morgan fingerprint density at radius 3 is 2.10 bits per heavy atom. The first-order chi connectivity index (χ1) is 13.9. The number of amides is 2. The van der Waals surface area contributed by atoms with E-state index in [1.807, 2.05) is 43.9 Å². The first-order valence-electron chi connectivity index (χ1n) is 10.7. The lowest BCUT2D eigenvalue weighted by Gasteiger charge is -2.41. The van der Waals surface area contributed by atoms with Gasteiger partial charge in [-0.05, 0) is 42.9 Å². The molecule has 1 N–H and O–H groups in total. The Labute approximate surface area is 174 Å². The summed E-state index contributed by atoms with van der Waals surface area (Å²) in [5, 5.41) is 3.04. The molecule has 4 nitrogen and oxygen atoms in total. The smallest absolute Gasteiger partial charge is 0.226 e. The van der Waals surface area contributed by atoms with Crippen LogP contribution in [0.2, 0.25) is 0 Å². The van der Waals surface area contributed by atoms with Crippen LogP contribution in [0.25, 0.3) is 11.1 Å². The average molecular weight is 393 g/mol. The van der Waals surface area contributed by atoms with Crippen molar-refractivity contribution < 1.29 is 9.59 Å². The fraction of sp³-hybridized carbons (Fsp3) is 0.440. The van der Waals surface area contributed by atoms with Crippen molar-refractivity contribution >= 4 is 11.8 Å². The van der Waals surface area contributed by atoms with Crippen molar-refractivity contribution in [2.24, 2.45) is 11.3 Å². The monoisotopic (exact) mass is 392 g/mol. The van der Waals surface area contributed by atoms with Crippen LogP contribution in [0, 0.1) is 11.3 Å². The van der Waals surface area contributed by atoms with E-state index < -0.39 is 5.41 Å². The van der Waals surface area contributed by atoms with Gasteiger partial charge in [-0.1, -0.05) is 68.4 Å². The van der Waals surface area contributed by atoms with Gasteiger partial charge in [-0.2, -0.15) is 0 Å². The van der Waals surface area contributed by atoms with Crippen LogP contribution in [0.3, 0.4) is 0 Å². The molecule has 0 bridgehead atoms. The van der Waals surface area contributed by atoms with Crippen molar-refractivity contribution in [3.63, 3.8) is 0 Å². The van der Waals surface area contributed by atoms with Gasteiger partial charge in [-0.15, -0.1) is 0 Å². The van der Waals surface area contributed by atoms with Crippen LogP contribution in [0.1, 0.15) is 39.2 Å². The summed E-state index contributed by atoms with van der Waals surface area (Å²) in [6.07, 6.45) is 2.12. The number of hydrogen-bond acceptors (Lipinski definition) is 2. The third-order valence-corrected chi connectivity index (χ3v) is 5.95. The van der Waals surface area contributed by atoms with Gasteiger partial charge in [-0.3, -0.25) is 9.59 Å². The molecule has 0 aromatic heterocycles. The number of benzene rings is 2. The molecule has 2 amide bonds. The van der Waals surface area contributed by atoms with E-state index in [-0.39, 0.29) is 17.7 Å². The van der Waals surface area contributed by atoms with E-state index in [1.54, 1.807) is 0 Å². The minimum atomic E-state index is -0.446. The Hall–Kier alpha value is -2.62. The summed E-state index contributed by atoms with van der Waals surface area (Å²) in [6, 6.07) is 18.8. The Morgan fingerprint density at radius 1 is 0.966 bits per heavy atom. The van der Waals surface area contributed by atoms with E-state index in [0.717, 1.165) is 0 Å². The third kappa shape index (κ3) is 4.87. The normalized spacial score (nSPS) is 15.9. The number of likely N-dealkylation sites (tertiary alicyclic amines) is 1. The summed E-state index contributed by atoms with van der Waals surface area (Å²) < 4.78 is 0. The Balaban J connectivity index is 1.76. The highest BCUT2D eigenvalue weighted by molar-refractivity contribution is 5.84. The van der Waals surface area contributed by atoms with Gasteiger partial charge in [0.1, 0.15) is 0 Å². The van der Waals surface area contributed by atoms with Gasteiger partial charge in [0.2, 0.25) is 11.8 Å². The number of rotatable bonds is 6. The Morgan fingerprint density at radius 2 is 1.55 bits per heavy atom. The van der Waals surface area contributed by atoms with Crippen molar-refractivity contribution in [1.29, 1.82) is 0 Å². The number of hydrogen-bond donors (Lipinski definition) is 1. The van der Waals surface area contributed by atoms with Crippen LogP contribution < -0.4 is 5.32 Å². The number of nitrogens with one attached hydrogen (secondary N) is 1. The maximum Gasteiger partial charge on any atom is 0.226 e. The third-order valence-electron chi connectivity index (χ3n) is 5.95. The highest BCUT2D eigenvalue weighted by Gasteiger charge is 2.42. The Bertz CT molecular complexity index is 820. The molecule has 4 heteroatoms. The Kier molecular flexibility index (Phi) is 6.73. The molecule has 0 atom stereocenters. The zero-order valence-electron chi connectivity index (χ0n) is 17.8. The van der Waals surface area contributed by atoms with Gasteiger partial charge in [-0.25, -0.2) is 0 Å². The predicted molar refractivity (Wildman–Crippen MR) is 117 cm³/mol. The summed E-state index contributed by atoms with van der Waals surface area (Å²) >= 11 is 0. The van der Waals surface area contributed by atoms with Crippen LogP contribution in [-0.4, -0.2) is 36.3 Å². The van der Waals surface area contributed by atoms with Gasteiger partial charge in [0.15, 0.2) is 0 Å². The van der Waals surface area contributed by atoms with E-state index in [1.165, 1.54) is 16.7 Å². The van der Waals surface area contributed by atoms with Gasteiger partial charge in [0.05, 0.1) is 5.41 Å². The molecule has 154 valence electrons. The fourth-order valence-electron chi connectivity index (χ4n) is 4.19. The molecule has 0 aliphatic carbocycles. The topological polar surface area (TPSA) is 49.4 Å². The average Bonchev–Trinajstić information content (AvgIpc) is 2.75. The molecule has 0 spiro atoms. The van der Waals surface area contributed by atoms with Crippen molar-refractivity contribution in [2.45, 2.75) is 40.0 Å². The molecule has 1 fully saturated rings. The van der Waals surface area contributed by atoms with Crippen LogP contribution in [-0.2, 0) is 16.0 Å². The lowest BCUT2D eigenvalue weighted by Crippen LogP contribution is -2.51. The van der Waals surface area contributed by atoms with Crippen LogP contribution >= 0.6 is 0 Å². The quantitative estimate of drug-likeness (QED) is 0.797. The maximum atomic E-state index is 13.0. The van der Waals surface area contributed by atoms with E-state index >= 15 is 0 Å². The van der Waals surface area contributed by atoms with E-state index in [2.05, 4.69) is 41.7 Å². The summed E-state index contributed by atoms with van der Waals surface area (Å²) in [7, 11) is 0. The van der Waals surface area contributed by atoms with Crippen molar-refractivity contribution in [2.75, 3.05) is 19.6 Å². The fourth-order valence-corrected chi connectivity index (χ4v) is 4.19. The second kappa shape index (κ2) is 9.25. The second-order valence-electron chi connectivity index (χ2n) is 8.36. The molecule has 1 heterocycles. The molecular weight excluding hydrogens is 360 g/mol. The molecule has 0 radical (unpaired) electrons. The van der Waals surface area contributed by atoms with Gasteiger partial charge in [0.25, 0.3) is 0 Å². The first-order valence-corrected chi connectivity index (χ1v) is 10.7. The van der Waals surface area contributed by atoms with Gasteiger partial charge in [0, 0.05) is 25.6 Å². The maximum absolute atomic E-state index is 13.0. The molecule has 1 aliphatic heterocycles. The van der Waals surface area contributed by atoms with Crippen molar-refractivity contribution in [3.05, 3.63) is 60.2 Å². The molecule has 0 saturated carbocycles. The molecule has 1 aliphatic rings. The van der Waals surface area contributed by atoms with E-state index in [4.69, 9.17) is 0 Å². The standard InChI is InChI=1S/C25H32N2O2/c1-4-26-24(29)25(14-16-27(17-15-25)23(28)19(2)3)18-20-10-12-22(13-11-20)21-8-6-5-7-9-21/h5-13,19H,4,14-18H2,1-3H3,(H,26,29). The highest BCUT2D eigenvalue weighted by atomic mass is 16.2. The number of nitrogens with zero attached hydrogens (tertiary/aromatic N) is 1. The van der Waals surface area contributed by atoms with Crippen molar-refractivity contribution in [1.82, 2.24) is 10.2 Å². The molecule has 2 aromatic carbocycles. The zero-order chi connectivity index (χ0) is 20.9. The van der Waals surface area contributed by atoms with Gasteiger partial charge >= 0.3 is 0 Å². The van der Waals surface area contributed by atoms with Crippen molar-refractivity contribution in [3.8, 4) is 11.1 Å². The van der Waals surface area contributed by atoms with Gasteiger partial charge < -0.3 is 10.2 Å². The summed E-state index contributed by atoms with van der Waals surface area (Å²) in [5.74, 6) is 0.294. The van der Waals surface area contributed by atoms with Crippen LogP contribution in [0.15, 0.2) is 54.6 Å². The predicted octanol–water partition coefficient (Wildman–Crippen LogP) is 4.30. The minimum Gasteiger partial charge on any atom is -0.356 e. The summed E-state index contributed by atoms with van der Waals surface area (Å²) in [4.78, 5) is 27.3. The highest BCUT2D eigenvalue weighted by Crippen LogP contribution is 2.36. The molecular formula is C25H32N2O2. The molecule has 2 aromatic rings. The zero-order valence-corrected chi connectivity index (χ0v) is 17.8. The molecule has 29 heavy (non-hydrogen) atoms. The van der Waals surface area contributed by atoms with Crippen LogP contribution in [0.5, 0.6) is 0 Å². The second-order valence-corrected chi connectivity index (χ2v) is 8.36. The number of piperidine rings is 1. The lowest BCUT2D eigenvalue weighted by molar-refractivity contribution is -0.142. The van der Waals surface area contributed by atoms with E-state index in [0.29, 0.717) is 38.9 Å². The minimum absolute atomic E-state index is 0.00232. The largest absolute Gasteiger partial charge is 0.356 e. The summed E-state index contributed by atoms with van der Waals surface area (Å²) in [5.41, 5.74) is 3.09. The summed E-state index contributed by atoms with van der Waals surface area (Å²) in [6.45, 7) is 7.75. The van der Waals surface area contributed by atoms with Crippen LogP contribution in [0.4, 0.5) is 0 Å². The lowest BCUT2D eigenvalue weighted by atomic mass is 9.72. The molecule has 0 unspecified atom stereocenters. The SMILES string of the molecule is CCNC(=O)C1(Cc2ccc(-c3ccccc3)cc2)CCN(C(=O)C(C)C)CC1. The molecule has 1 saturated heterocycles.